The number of nitro groups is 2. The second-order valence-electron chi connectivity index (χ2n) is 7.00. The summed E-state index contributed by atoms with van der Waals surface area (Å²) in [5, 5.41) is 25.6. The van der Waals surface area contributed by atoms with E-state index in [0.717, 1.165) is 19.3 Å². The van der Waals surface area contributed by atoms with Crippen LogP contribution >= 0.6 is 0 Å². The highest BCUT2D eigenvalue weighted by molar-refractivity contribution is 5.86. The monoisotopic (exact) mass is 399 g/mol. The molecule has 2 aromatic rings. The van der Waals surface area contributed by atoms with Crippen LogP contribution in [0.3, 0.4) is 0 Å². The smallest absolute Gasteiger partial charge is 0.332 e. The maximum atomic E-state index is 13.0. The molecule has 1 fully saturated rings. The first-order valence-electron chi connectivity index (χ1n) is 9.34. The minimum atomic E-state index is -1.10. The summed E-state index contributed by atoms with van der Waals surface area (Å²) in [6, 6.07) is 12.2. The van der Waals surface area contributed by atoms with Gasteiger partial charge in [0.15, 0.2) is 0 Å². The van der Waals surface area contributed by atoms with Crippen LogP contribution in [0.1, 0.15) is 37.7 Å². The van der Waals surface area contributed by atoms with E-state index in [1.807, 2.05) is 0 Å². The second kappa shape index (κ2) is 8.68. The largest absolute Gasteiger partial charge is 0.459 e. The van der Waals surface area contributed by atoms with Gasteiger partial charge >= 0.3 is 5.97 Å². The van der Waals surface area contributed by atoms with Gasteiger partial charge in [-0.25, -0.2) is 4.79 Å². The molecule has 0 unspecified atom stereocenters. The summed E-state index contributed by atoms with van der Waals surface area (Å²) >= 11 is 0. The molecule has 0 atom stereocenters. The number of nitrogens with zero attached hydrogens (tertiary/aromatic N) is 2. The molecule has 9 heteroatoms. The number of carbonyl (C=O) groups excluding carboxylic acids is 1. The van der Waals surface area contributed by atoms with Crippen molar-refractivity contribution in [3.8, 4) is 0 Å². The van der Waals surface area contributed by atoms with Gasteiger partial charge in [0.1, 0.15) is 17.8 Å². The molecule has 3 rings (SSSR count). The van der Waals surface area contributed by atoms with Crippen molar-refractivity contribution in [1.82, 2.24) is 0 Å². The zero-order valence-electron chi connectivity index (χ0n) is 15.7. The van der Waals surface area contributed by atoms with Crippen LogP contribution in [0.25, 0.3) is 0 Å². The Morgan fingerprint density at radius 3 is 2.17 bits per heavy atom. The number of nitrogens with one attached hydrogen (secondary N) is 1. The van der Waals surface area contributed by atoms with Gasteiger partial charge in [-0.2, -0.15) is 0 Å². The molecule has 152 valence electrons. The quantitative estimate of drug-likeness (QED) is 0.416. The van der Waals surface area contributed by atoms with Crippen LogP contribution in [-0.4, -0.2) is 21.4 Å². The summed E-state index contributed by atoms with van der Waals surface area (Å²) in [4.78, 5) is 34.5. The lowest BCUT2D eigenvalue weighted by atomic mass is 9.81. The lowest BCUT2D eigenvalue weighted by Crippen LogP contribution is -2.49. The Hall–Kier alpha value is -3.49. The molecule has 0 saturated heterocycles. The van der Waals surface area contributed by atoms with Gasteiger partial charge < -0.3 is 10.1 Å². The number of rotatable bonds is 7. The van der Waals surface area contributed by atoms with Crippen molar-refractivity contribution in [2.75, 3.05) is 5.32 Å². The van der Waals surface area contributed by atoms with Crippen molar-refractivity contribution >= 4 is 23.0 Å². The summed E-state index contributed by atoms with van der Waals surface area (Å²) < 4.78 is 5.46. The molecule has 0 bridgehead atoms. The van der Waals surface area contributed by atoms with Crippen LogP contribution < -0.4 is 5.32 Å². The maximum Gasteiger partial charge on any atom is 0.332 e. The molecule has 0 amide bonds. The number of hydrogen-bond donors (Lipinski definition) is 1. The van der Waals surface area contributed by atoms with Crippen molar-refractivity contribution < 1.29 is 19.4 Å². The Labute approximate surface area is 167 Å². The first kappa shape index (κ1) is 20.2. The number of anilines is 1. The summed E-state index contributed by atoms with van der Waals surface area (Å²) in [5.74, 6) is -0.562. The van der Waals surface area contributed by atoms with Gasteiger partial charge in [-0.15, -0.1) is 0 Å². The highest BCUT2D eigenvalue weighted by Gasteiger charge is 2.42. The average Bonchev–Trinajstić information content (AvgIpc) is 2.73. The van der Waals surface area contributed by atoms with E-state index in [1.54, 1.807) is 30.3 Å². The van der Waals surface area contributed by atoms with Crippen LogP contribution in [0.15, 0.2) is 48.5 Å². The average molecular weight is 399 g/mol. The Morgan fingerprint density at radius 2 is 1.52 bits per heavy atom. The summed E-state index contributed by atoms with van der Waals surface area (Å²) in [6.45, 7) is -0.240. The van der Waals surface area contributed by atoms with E-state index in [2.05, 4.69) is 5.32 Å². The summed E-state index contributed by atoms with van der Waals surface area (Å²) in [5.41, 5.74) is -0.799. The van der Waals surface area contributed by atoms with Gasteiger partial charge in [-0.3, -0.25) is 20.2 Å². The van der Waals surface area contributed by atoms with Crippen molar-refractivity contribution in [2.45, 2.75) is 44.2 Å². The Balaban J connectivity index is 1.83. The fourth-order valence-electron chi connectivity index (χ4n) is 3.62. The van der Waals surface area contributed by atoms with E-state index in [9.17, 15) is 25.0 Å². The number of hydrogen-bond acceptors (Lipinski definition) is 7. The molecule has 0 aromatic heterocycles. The molecule has 1 N–H and O–H groups in total. The molecule has 2 aromatic carbocycles. The third-order valence-electron chi connectivity index (χ3n) is 5.12. The zero-order chi connectivity index (χ0) is 20.9. The number of esters is 1. The topological polar surface area (TPSA) is 125 Å². The molecule has 9 nitrogen and oxygen atoms in total. The molecular formula is C20H21N3O6. The van der Waals surface area contributed by atoms with Crippen LogP contribution in [0.5, 0.6) is 0 Å². The first-order valence-corrected chi connectivity index (χ1v) is 9.34. The van der Waals surface area contributed by atoms with Crippen molar-refractivity contribution in [2.24, 2.45) is 0 Å². The van der Waals surface area contributed by atoms with E-state index in [4.69, 9.17) is 4.74 Å². The number of nitro benzene ring substituents is 2. The number of carbonyl (C=O) groups is 1. The highest BCUT2D eigenvalue weighted by Crippen LogP contribution is 2.36. The zero-order valence-corrected chi connectivity index (χ0v) is 15.7. The molecule has 0 aliphatic heterocycles. The lowest BCUT2D eigenvalue weighted by Gasteiger charge is -2.36. The van der Waals surface area contributed by atoms with E-state index >= 15 is 0 Å². The molecule has 1 aliphatic carbocycles. The van der Waals surface area contributed by atoms with Gasteiger partial charge in [0.2, 0.25) is 0 Å². The van der Waals surface area contributed by atoms with Crippen molar-refractivity contribution in [3.63, 3.8) is 0 Å². The van der Waals surface area contributed by atoms with Crippen molar-refractivity contribution in [1.29, 1.82) is 0 Å². The normalized spacial score (nSPS) is 15.3. The van der Waals surface area contributed by atoms with Crippen LogP contribution in [0, 0.1) is 20.2 Å². The van der Waals surface area contributed by atoms with E-state index < -0.39 is 21.4 Å². The predicted molar refractivity (Wildman–Crippen MR) is 105 cm³/mol. The van der Waals surface area contributed by atoms with Crippen molar-refractivity contribution in [3.05, 3.63) is 74.3 Å². The van der Waals surface area contributed by atoms with Crippen LogP contribution in [0.4, 0.5) is 17.1 Å². The SMILES string of the molecule is O=C(OCc1ccccc1[N+](=O)[O-])C1(Nc2ccccc2[N+](=O)[O-])CCCCC1. The third kappa shape index (κ3) is 4.50. The van der Waals surface area contributed by atoms with E-state index in [-0.39, 0.29) is 23.7 Å². The molecule has 0 heterocycles. The highest BCUT2D eigenvalue weighted by atomic mass is 16.6. The van der Waals surface area contributed by atoms with Crippen LogP contribution in [-0.2, 0) is 16.1 Å². The van der Waals surface area contributed by atoms with Gasteiger partial charge in [-0.1, -0.05) is 43.5 Å². The van der Waals surface area contributed by atoms with Gasteiger partial charge in [-0.05, 0) is 25.0 Å². The first-order chi connectivity index (χ1) is 13.9. The molecule has 0 radical (unpaired) electrons. The third-order valence-corrected chi connectivity index (χ3v) is 5.12. The van der Waals surface area contributed by atoms with E-state index in [0.29, 0.717) is 18.4 Å². The van der Waals surface area contributed by atoms with Gasteiger partial charge in [0.05, 0.1) is 15.4 Å². The maximum absolute atomic E-state index is 13.0. The minimum absolute atomic E-state index is 0.121. The Kier molecular flexibility index (Phi) is 6.06. The minimum Gasteiger partial charge on any atom is -0.459 e. The molecule has 1 saturated carbocycles. The molecule has 1 aliphatic rings. The van der Waals surface area contributed by atoms with Gasteiger partial charge in [0.25, 0.3) is 11.4 Å². The fraction of sp³-hybridized carbons (Fsp3) is 0.350. The predicted octanol–water partition coefficient (Wildman–Crippen LogP) is 4.36. The number of benzene rings is 2. The Morgan fingerprint density at radius 1 is 0.931 bits per heavy atom. The molecular weight excluding hydrogens is 378 g/mol. The summed E-state index contributed by atoms with van der Waals surface area (Å²) in [7, 11) is 0. The summed E-state index contributed by atoms with van der Waals surface area (Å²) in [6.07, 6.45) is 3.43. The Bertz CT molecular complexity index is 924. The second-order valence-corrected chi connectivity index (χ2v) is 7.00. The lowest BCUT2D eigenvalue weighted by molar-refractivity contribution is -0.385. The standard InChI is InChI=1S/C20H21N3O6/c24-19(29-14-15-8-2-4-10-17(15)22(25)26)20(12-6-1-7-13-20)21-16-9-3-5-11-18(16)23(27)28/h2-5,8-11,21H,1,6-7,12-14H2. The number of ether oxygens (including phenoxy) is 1. The van der Waals surface area contributed by atoms with E-state index in [1.165, 1.54) is 18.2 Å². The molecule has 29 heavy (non-hydrogen) atoms. The number of para-hydroxylation sites is 3. The van der Waals surface area contributed by atoms with Crippen LogP contribution in [0.2, 0.25) is 0 Å². The molecule has 0 spiro atoms. The van der Waals surface area contributed by atoms with Gasteiger partial charge in [0, 0.05) is 12.1 Å². The fourth-order valence-corrected chi connectivity index (χ4v) is 3.62.